The number of rotatable bonds is 7. The second-order valence-corrected chi connectivity index (χ2v) is 8.32. The van der Waals surface area contributed by atoms with Crippen LogP contribution in [0.15, 0.2) is 47.4 Å². The largest absolute Gasteiger partial charge is 0.495 e. The van der Waals surface area contributed by atoms with Gasteiger partial charge in [-0.25, -0.2) is 0 Å². The van der Waals surface area contributed by atoms with Crippen molar-refractivity contribution in [3.63, 3.8) is 0 Å². The van der Waals surface area contributed by atoms with Crippen LogP contribution in [0.4, 0.5) is 11.4 Å². The molecule has 0 aromatic heterocycles. The van der Waals surface area contributed by atoms with Crippen molar-refractivity contribution in [3.05, 3.63) is 48.0 Å². The SMILES string of the molecule is CCCN(CC(=O)Nc1ccccc1OC)C(=O)c1ccc2c(c1)NC(=O)[C@H](C)S2. The van der Waals surface area contributed by atoms with Crippen molar-refractivity contribution < 1.29 is 19.1 Å². The Morgan fingerprint density at radius 2 is 2.00 bits per heavy atom. The zero-order valence-electron chi connectivity index (χ0n) is 17.2. The summed E-state index contributed by atoms with van der Waals surface area (Å²) in [6.07, 6.45) is 0.711. The van der Waals surface area contributed by atoms with Crippen molar-refractivity contribution >= 4 is 40.9 Å². The van der Waals surface area contributed by atoms with Gasteiger partial charge in [0.15, 0.2) is 0 Å². The van der Waals surface area contributed by atoms with Crippen molar-refractivity contribution in [2.75, 3.05) is 30.8 Å². The lowest BCUT2D eigenvalue weighted by atomic mass is 10.1. The number of anilines is 2. The number of carbonyl (C=O) groups is 3. The van der Waals surface area contributed by atoms with E-state index >= 15 is 0 Å². The highest BCUT2D eigenvalue weighted by Gasteiger charge is 2.25. The molecule has 1 heterocycles. The molecule has 0 spiro atoms. The highest BCUT2D eigenvalue weighted by molar-refractivity contribution is 8.00. The van der Waals surface area contributed by atoms with Gasteiger partial charge >= 0.3 is 0 Å². The molecule has 30 heavy (non-hydrogen) atoms. The Labute approximate surface area is 180 Å². The Morgan fingerprint density at radius 1 is 1.23 bits per heavy atom. The number of nitrogens with zero attached hydrogens (tertiary/aromatic N) is 1. The van der Waals surface area contributed by atoms with Gasteiger partial charge in [-0.1, -0.05) is 19.1 Å². The lowest BCUT2D eigenvalue weighted by Gasteiger charge is -2.24. The fourth-order valence-corrected chi connectivity index (χ4v) is 4.09. The molecule has 1 aliphatic rings. The second kappa shape index (κ2) is 9.67. The molecule has 2 aromatic carbocycles. The van der Waals surface area contributed by atoms with Crippen LogP contribution in [0.25, 0.3) is 0 Å². The van der Waals surface area contributed by atoms with Crippen molar-refractivity contribution in [1.82, 2.24) is 4.90 Å². The Morgan fingerprint density at radius 3 is 2.73 bits per heavy atom. The van der Waals surface area contributed by atoms with Gasteiger partial charge in [0.1, 0.15) is 12.3 Å². The monoisotopic (exact) mass is 427 g/mol. The Hall–Kier alpha value is -3.00. The first-order chi connectivity index (χ1) is 14.4. The van der Waals surface area contributed by atoms with Gasteiger partial charge in [0.2, 0.25) is 11.8 Å². The zero-order chi connectivity index (χ0) is 21.7. The molecule has 0 aliphatic carbocycles. The normalized spacial score (nSPS) is 15.0. The van der Waals surface area contributed by atoms with Gasteiger partial charge in [0.05, 0.1) is 23.7 Å². The smallest absolute Gasteiger partial charge is 0.254 e. The predicted octanol–water partition coefficient (Wildman–Crippen LogP) is 3.62. The predicted molar refractivity (Wildman–Crippen MR) is 118 cm³/mol. The van der Waals surface area contributed by atoms with Crippen molar-refractivity contribution in [3.8, 4) is 5.75 Å². The number of amides is 3. The van der Waals surface area contributed by atoms with Gasteiger partial charge in [-0.3, -0.25) is 14.4 Å². The minimum Gasteiger partial charge on any atom is -0.495 e. The van der Waals surface area contributed by atoms with Gasteiger partial charge in [0.25, 0.3) is 5.91 Å². The van der Waals surface area contributed by atoms with Crippen molar-refractivity contribution in [1.29, 1.82) is 0 Å². The summed E-state index contributed by atoms with van der Waals surface area (Å²) in [5, 5.41) is 5.47. The summed E-state index contributed by atoms with van der Waals surface area (Å²) in [5.41, 5.74) is 1.61. The lowest BCUT2D eigenvalue weighted by Crippen LogP contribution is -2.38. The number of para-hydroxylation sites is 2. The van der Waals surface area contributed by atoms with E-state index in [1.54, 1.807) is 30.3 Å². The number of hydrogen-bond acceptors (Lipinski definition) is 5. The van der Waals surface area contributed by atoms with Gasteiger partial charge in [0, 0.05) is 17.0 Å². The fraction of sp³-hybridized carbons (Fsp3) is 0.318. The summed E-state index contributed by atoms with van der Waals surface area (Å²) in [7, 11) is 1.53. The van der Waals surface area contributed by atoms with Crippen LogP contribution >= 0.6 is 11.8 Å². The summed E-state index contributed by atoms with van der Waals surface area (Å²) >= 11 is 1.46. The quantitative estimate of drug-likeness (QED) is 0.705. The van der Waals surface area contributed by atoms with E-state index in [9.17, 15) is 14.4 Å². The Bertz CT molecular complexity index is 963. The van der Waals surface area contributed by atoms with E-state index in [1.807, 2.05) is 26.0 Å². The van der Waals surface area contributed by atoms with E-state index in [0.29, 0.717) is 35.7 Å². The van der Waals surface area contributed by atoms with Crippen molar-refractivity contribution in [2.45, 2.75) is 30.4 Å². The molecule has 3 rings (SSSR count). The number of nitrogens with one attached hydrogen (secondary N) is 2. The molecule has 158 valence electrons. The molecule has 2 N–H and O–H groups in total. The average Bonchev–Trinajstić information content (AvgIpc) is 2.74. The molecular formula is C22H25N3O4S. The summed E-state index contributed by atoms with van der Waals surface area (Å²) in [6, 6.07) is 12.4. The fourth-order valence-electron chi connectivity index (χ4n) is 3.16. The third kappa shape index (κ3) is 4.94. The van der Waals surface area contributed by atoms with Crippen LogP contribution in [-0.4, -0.2) is 48.1 Å². The highest BCUT2D eigenvalue weighted by atomic mass is 32.2. The first kappa shape index (κ1) is 21.7. The Balaban J connectivity index is 1.74. The van der Waals surface area contributed by atoms with Crippen LogP contribution in [0.1, 0.15) is 30.6 Å². The van der Waals surface area contributed by atoms with Crippen molar-refractivity contribution in [2.24, 2.45) is 0 Å². The minimum atomic E-state index is -0.308. The summed E-state index contributed by atoms with van der Waals surface area (Å²) in [4.78, 5) is 40.1. The van der Waals surface area contributed by atoms with Crippen LogP contribution in [0.2, 0.25) is 0 Å². The lowest BCUT2D eigenvalue weighted by molar-refractivity contribution is -0.117. The van der Waals surface area contributed by atoms with E-state index in [-0.39, 0.29) is 29.5 Å². The van der Waals surface area contributed by atoms with Crippen LogP contribution in [0, 0.1) is 0 Å². The molecule has 0 saturated heterocycles. The molecule has 1 aliphatic heterocycles. The number of benzene rings is 2. The number of hydrogen-bond donors (Lipinski definition) is 2. The molecule has 0 bridgehead atoms. The molecule has 0 saturated carbocycles. The molecule has 1 atom stereocenters. The van der Waals surface area contributed by atoms with Gasteiger partial charge in [-0.05, 0) is 43.7 Å². The molecule has 3 amide bonds. The summed E-state index contributed by atoms with van der Waals surface area (Å²) in [5.74, 6) is -0.0975. The number of ether oxygens (including phenoxy) is 1. The first-order valence-electron chi connectivity index (χ1n) is 9.76. The molecule has 8 heteroatoms. The molecular weight excluding hydrogens is 402 g/mol. The van der Waals surface area contributed by atoms with E-state index < -0.39 is 0 Å². The van der Waals surface area contributed by atoms with Crippen LogP contribution < -0.4 is 15.4 Å². The molecule has 2 aromatic rings. The maximum Gasteiger partial charge on any atom is 0.254 e. The first-order valence-corrected chi connectivity index (χ1v) is 10.6. The maximum atomic E-state index is 13.1. The second-order valence-electron chi connectivity index (χ2n) is 6.94. The third-order valence-corrected chi connectivity index (χ3v) is 5.83. The summed E-state index contributed by atoms with van der Waals surface area (Å²) in [6.45, 7) is 4.14. The number of carbonyl (C=O) groups excluding carboxylic acids is 3. The molecule has 0 radical (unpaired) electrons. The van der Waals surface area contributed by atoms with E-state index in [2.05, 4.69) is 10.6 Å². The number of methoxy groups -OCH3 is 1. The topological polar surface area (TPSA) is 87.7 Å². The average molecular weight is 428 g/mol. The standard InChI is InChI=1S/C22H25N3O4S/c1-4-11-25(13-20(26)23-16-7-5-6-8-18(16)29-3)22(28)15-9-10-19-17(12-15)24-21(27)14(2)30-19/h5-10,12,14H,4,11,13H2,1-3H3,(H,23,26)(H,24,27)/t14-/m0/s1. The van der Waals surface area contributed by atoms with Gasteiger partial charge in [-0.15, -0.1) is 11.8 Å². The van der Waals surface area contributed by atoms with E-state index in [1.165, 1.54) is 23.8 Å². The van der Waals surface area contributed by atoms with E-state index in [0.717, 1.165) is 4.90 Å². The van der Waals surface area contributed by atoms with Gasteiger partial charge in [-0.2, -0.15) is 0 Å². The maximum absolute atomic E-state index is 13.1. The van der Waals surface area contributed by atoms with Crippen LogP contribution in [-0.2, 0) is 9.59 Å². The molecule has 7 nitrogen and oxygen atoms in total. The minimum absolute atomic E-state index is 0.0834. The Kier molecular flexibility index (Phi) is 6.99. The number of thioether (sulfide) groups is 1. The van der Waals surface area contributed by atoms with Crippen LogP contribution in [0.5, 0.6) is 5.75 Å². The third-order valence-electron chi connectivity index (χ3n) is 4.65. The van der Waals surface area contributed by atoms with E-state index in [4.69, 9.17) is 4.74 Å². The zero-order valence-corrected chi connectivity index (χ0v) is 18.0. The summed E-state index contributed by atoms with van der Waals surface area (Å²) < 4.78 is 5.25. The molecule has 0 unspecified atom stereocenters. The highest BCUT2D eigenvalue weighted by Crippen LogP contribution is 2.36. The number of fused-ring (bicyclic) bond motifs is 1. The van der Waals surface area contributed by atoms with Gasteiger partial charge < -0.3 is 20.3 Å². The van der Waals surface area contributed by atoms with Crippen LogP contribution in [0.3, 0.4) is 0 Å². The molecule has 0 fully saturated rings.